The number of rotatable bonds is 4. The Morgan fingerprint density at radius 3 is 2.17 bits per heavy atom. The Labute approximate surface area is 127 Å². The number of aromatic carboxylic acids is 1. The molecule has 0 saturated carbocycles. The molecule has 8 heteroatoms. The summed E-state index contributed by atoms with van der Waals surface area (Å²) in [7, 11) is 0. The van der Waals surface area contributed by atoms with Gasteiger partial charge in [0.15, 0.2) is 23.3 Å². The van der Waals surface area contributed by atoms with E-state index in [-0.39, 0.29) is 18.2 Å². The highest BCUT2D eigenvalue weighted by Crippen LogP contribution is 2.19. The second-order valence-corrected chi connectivity index (χ2v) is 4.53. The summed E-state index contributed by atoms with van der Waals surface area (Å²) in [6, 6.07) is 5.42. The summed E-state index contributed by atoms with van der Waals surface area (Å²) >= 11 is 0. The third-order valence-corrected chi connectivity index (χ3v) is 2.97. The minimum atomic E-state index is -1.80. The van der Waals surface area contributed by atoms with Crippen LogP contribution in [0.3, 0.4) is 0 Å². The number of carbonyl (C=O) groups excluding carboxylic acids is 1. The molecule has 0 aliphatic heterocycles. The molecule has 0 aromatic heterocycles. The first kappa shape index (κ1) is 16.5. The molecule has 0 atom stereocenters. The Bertz CT molecular complexity index is 766. The van der Waals surface area contributed by atoms with E-state index in [0.29, 0.717) is 5.56 Å². The second kappa shape index (κ2) is 6.47. The van der Waals surface area contributed by atoms with E-state index < -0.39 is 40.7 Å². The van der Waals surface area contributed by atoms with Crippen molar-refractivity contribution in [1.29, 1.82) is 0 Å². The van der Waals surface area contributed by atoms with Crippen molar-refractivity contribution in [3.8, 4) is 0 Å². The summed E-state index contributed by atoms with van der Waals surface area (Å²) in [5.41, 5.74) is -1.10. The largest absolute Gasteiger partial charge is 0.478 e. The zero-order valence-corrected chi connectivity index (χ0v) is 11.4. The van der Waals surface area contributed by atoms with Gasteiger partial charge >= 0.3 is 5.97 Å². The van der Waals surface area contributed by atoms with Gasteiger partial charge in [-0.25, -0.2) is 22.4 Å². The van der Waals surface area contributed by atoms with E-state index in [4.69, 9.17) is 5.11 Å². The van der Waals surface area contributed by atoms with E-state index in [0.717, 1.165) is 0 Å². The van der Waals surface area contributed by atoms with Crippen molar-refractivity contribution in [3.05, 3.63) is 70.3 Å². The molecule has 0 aliphatic rings. The smallest absolute Gasteiger partial charge is 0.335 e. The number of nitrogens with one attached hydrogen (secondary N) is 1. The first-order valence-electron chi connectivity index (χ1n) is 6.24. The molecular weight excluding hydrogens is 318 g/mol. The molecule has 0 aliphatic carbocycles. The van der Waals surface area contributed by atoms with Crippen LogP contribution in [0.2, 0.25) is 0 Å². The van der Waals surface area contributed by atoms with Gasteiger partial charge < -0.3 is 10.4 Å². The van der Waals surface area contributed by atoms with E-state index in [1.807, 2.05) is 0 Å². The molecule has 0 spiro atoms. The Balaban J connectivity index is 2.21. The van der Waals surface area contributed by atoms with Crippen LogP contribution in [-0.4, -0.2) is 17.0 Å². The van der Waals surface area contributed by atoms with Crippen LogP contribution >= 0.6 is 0 Å². The van der Waals surface area contributed by atoms with Crippen LogP contribution in [0.25, 0.3) is 0 Å². The quantitative estimate of drug-likeness (QED) is 0.670. The third kappa shape index (κ3) is 3.47. The van der Waals surface area contributed by atoms with E-state index in [9.17, 15) is 27.2 Å². The number of amides is 1. The van der Waals surface area contributed by atoms with Crippen molar-refractivity contribution in [2.24, 2.45) is 0 Å². The summed E-state index contributed by atoms with van der Waals surface area (Å²) in [4.78, 5) is 22.5. The summed E-state index contributed by atoms with van der Waals surface area (Å²) < 4.78 is 53.1. The van der Waals surface area contributed by atoms with Gasteiger partial charge in [0.1, 0.15) is 5.56 Å². The molecule has 0 fully saturated rings. The average molecular weight is 327 g/mol. The van der Waals surface area contributed by atoms with Crippen molar-refractivity contribution in [2.45, 2.75) is 6.54 Å². The Morgan fingerprint density at radius 1 is 1.00 bits per heavy atom. The van der Waals surface area contributed by atoms with E-state index in [1.165, 1.54) is 24.3 Å². The van der Waals surface area contributed by atoms with Gasteiger partial charge in [0, 0.05) is 12.6 Å². The maximum Gasteiger partial charge on any atom is 0.335 e. The van der Waals surface area contributed by atoms with Crippen LogP contribution in [0.5, 0.6) is 0 Å². The molecule has 120 valence electrons. The van der Waals surface area contributed by atoms with Crippen LogP contribution in [0.4, 0.5) is 17.6 Å². The molecule has 1 amide bonds. The fourth-order valence-corrected chi connectivity index (χ4v) is 1.86. The monoisotopic (exact) mass is 327 g/mol. The summed E-state index contributed by atoms with van der Waals surface area (Å²) in [5, 5.41) is 10.9. The second-order valence-electron chi connectivity index (χ2n) is 4.53. The molecule has 2 aromatic carbocycles. The van der Waals surface area contributed by atoms with Gasteiger partial charge in [-0.05, 0) is 17.7 Å². The number of hydrogen-bond acceptors (Lipinski definition) is 2. The fraction of sp³-hybridized carbons (Fsp3) is 0.0667. The SMILES string of the molecule is O=C(O)c1cccc(CNC(=O)c2c(F)c(F)cc(F)c2F)c1. The summed E-state index contributed by atoms with van der Waals surface area (Å²) in [6.45, 7) is -0.281. The Kier molecular flexibility index (Phi) is 4.63. The van der Waals surface area contributed by atoms with E-state index >= 15 is 0 Å². The number of hydrogen-bond donors (Lipinski definition) is 2. The highest BCUT2D eigenvalue weighted by Gasteiger charge is 2.24. The first-order chi connectivity index (χ1) is 10.8. The van der Waals surface area contributed by atoms with Crippen molar-refractivity contribution < 1.29 is 32.3 Å². The van der Waals surface area contributed by atoms with Crippen molar-refractivity contribution in [2.75, 3.05) is 0 Å². The van der Waals surface area contributed by atoms with Gasteiger partial charge in [-0.3, -0.25) is 4.79 Å². The van der Waals surface area contributed by atoms with Crippen LogP contribution in [0.15, 0.2) is 30.3 Å². The van der Waals surface area contributed by atoms with Gasteiger partial charge in [0.25, 0.3) is 5.91 Å². The summed E-state index contributed by atoms with van der Waals surface area (Å²) in [5.74, 6) is -9.55. The molecule has 0 saturated heterocycles. The number of carbonyl (C=O) groups is 2. The standard InChI is InChI=1S/C15H9F4NO3/c16-9-5-10(17)13(19)11(12(9)18)14(21)20-6-7-2-1-3-8(4-7)15(22)23/h1-5H,6H2,(H,20,21)(H,22,23). The molecule has 4 nitrogen and oxygen atoms in total. The minimum absolute atomic E-state index is 0.00220. The van der Waals surface area contributed by atoms with Crippen molar-refractivity contribution in [1.82, 2.24) is 5.32 Å². The van der Waals surface area contributed by atoms with Gasteiger partial charge in [0.05, 0.1) is 5.56 Å². The lowest BCUT2D eigenvalue weighted by atomic mass is 10.1. The lowest BCUT2D eigenvalue weighted by Crippen LogP contribution is -2.26. The molecule has 0 radical (unpaired) electrons. The predicted octanol–water partition coefficient (Wildman–Crippen LogP) is 2.87. The zero-order valence-electron chi connectivity index (χ0n) is 11.4. The predicted molar refractivity (Wildman–Crippen MR) is 70.8 cm³/mol. The molecule has 2 aromatic rings. The average Bonchev–Trinajstić information content (AvgIpc) is 2.51. The first-order valence-corrected chi connectivity index (χ1v) is 6.24. The van der Waals surface area contributed by atoms with Gasteiger partial charge in [-0.15, -0.1) is 0 Å². The van der Waals surface area contributed by atoms with E-state index in [1.54, 1.807) is 0 Å². The van der Waals surface area contributed by atoms with Gasteiger partial charge in [0.2, 0.25) is 0 Å². The number of carboxylic acids is 1. The summed E-state index contributed by atoms with van der Waals surface area (Å²) in [6.07, 6.45) is 0. The Morgan fingerprint density at radius 2 is 1.61 bits per heavy atom. The van der Waals surface area contributed by atoms with Crippen LogP contribution in [0, 0.1) is 23.3 Å². The topological polar surface area (TPSA) is 66.4 Å². The maximum atomic E-state index is 13.5. The lowest BCUT2D eigenvalue weighted by molar-refractivity contribution is 0.0696. The molecule has 0 heterocycles. The number of benzene rings is 2. The zero-order chi connectivity index (χ0) is 17.1. The fourth-order valence-electron chi connectivity index (χ4n) is 1.86. The molecular formula is C15H9F4NO3. The van der Waals surface area contributed by atoms with E-state index in [2.05, 4.69) is 5.32 Å². The number of halogens is 4. The third-order valence-electron chi connectivity index (χ3n) is 2.97. The molecule has 2 N–H and O–H groups in total. The molecule has 0 unspecified atom stereocenters. The van der Waals surface area contributed by atoms with Gasteiger partial charge in [-0.2, -0.15) is 0 Å². The molecule has 2 rings (SSSR count). The normalized spacial score (nSPS) is 10.4. The van der Waals surface area contributed by atoms with Crippen LogP contribution < -0.4 is 5.32 Å². The Hall–Kier alpha value is -2.90. The maximum absolute atomic E-state index is 13.5. The minimum Gasteiger partial charge on any atom is -0.478 e. The van der Waals surface area contributed by atoms with Crippen molar-refractivity contribution in [3.63, 3.8) is 0 Å². The van der Waals surface area contributed by atoms with Gasteiger partial charge in [-0.1, -0.05) is 12.1 Å². The van der Waals surface area contributed by atoms with Crippen LogP contribution in [0.1, 0.15) is 26.3 Å². The molecule has 23 heavy (non-hydrogen) atoms. The van der Waals surface area contributed by atoms with Crippen LogP contribution in [-0.2, 0) is 6.54 Å². The van der Waals surface area contributed by atoms with Crippen molar-refractivity contribution >= 4 is 11.9 Å². The highest BCUT2D eigenvalue weighted by molar-refractivity contribution is 5.94. The highest BCUT2D eigenvalue weighted by atomic mass is 19.2. The lowest BCUT2D eigenvalue weighted by Gasteiger charge is -2.09. The number of carboxylic acid groups (broad SMARTS) is 1. The molecule has 0 bridgehead atoms.